The van der Waals surface area contributed by atoms with Crippen LogP contribution in [0.25, 0.3) is 0 Å². The van der Waals surface area contributed by atoms with Crippen LogP contribution < -0.4 is 11.1 Å². The van der Waals surface area contributed by atoms with Crippen LogP contribution >= 0.6 is 11.6 Å². The van der Waals surface area contributed by atoms with Gasteiger partial charge in [-0.05, 0) is 92.2 Å². The summed E-state index contributed by atoms with van der Waals surface area (Å²) < 4.78 is 42.7. The maximum atomic E-state index is 13.5. The summed E-state index contributed by atoms with van der Waals surface area (Å²) in [6, 6.07) is 17.9. The quantitative estimate of drug-likeness (QED) is 0.193. The molecule has 4 N–H and O–H groups in total. The number of benzene rings is 3. The van der Waals surface area contributed by atoms with Gasteiger partial charge in [0.05, 0.1) is 12.2 Å². The average Bonchev–Trinajstić information content (AvgIpc) is 2.81. The van der Waals surface area contributed by atoms with Gasteiger partial charge < -0.3 is 15.8 Å². The highest BCUT2D eigenvalue weighted by molar-refractivity contribution is 6.30. The summed E-state index contributed by atoms with van der Waals surface area (Å²) >= 11 is 6.06. The van der Waals surface area contributed by atoms with Gasteiger partial charge in [-0.25, -0.2) is 18.0 Å². The molecule has 0 aliphatic heterocycles. The van der Waals surface area contributed by atoms with E-state index in [2.05, 4.69) is 5.32 Å². The van der Waals surface area contributed by atoms with Gasteiger partial charge in [0.15, 0.2) is 0 Å². The number of hydrogen-bond donors (Lipinski definition) is 3. The topological polar surface area (TPSA) is 88.2 Å². The molecule has 204 valence electrons. The molecular formula is C29H33ClF3N3O2. The molecule has 0 saturated heterocycles. The number of halogens is 4. The van der Waals surface area contributed by atoms with Gasteiger partial charge >= 0.3 is 6.09 Å². The third-order valence-electron chi connectivity index (χ3n) is 5.38. The Morgan fingerprint density at radius 3 is 2.18 bits per heavy atom. The first-order valence-electron chi connectivity index (χ1n) is 12.2. The summed E-state index contributed by atoms with van der Waals surface area (Å²) in [5.41, 5.74) is 7.89. The third kappa shape index (κ3) is 10.9. The third-order valence-corrected chi connectivity index (χ3v) is 5.63. The predicted molar refractivity (Wildman–Crippen MR) is 145 cm³/mol. The maximum absolute atomic E-state index is 13.5. The zero-order valence-electron chi connectivity index (χ0n) is 21.6. The van der Waals surface area contributed by atoms with Crippen LogP contribution in [0.4, 0.5) is 18.0 Å². The standard InChI is InChI=1S/C26H26ClF2N3O2.C3H7F/c1-16(11-17-12-22(28)15-23(29)13-17)9-10-32-24(18-5-7-21(27)8-6-18)19-3-2-4-20(14-19)25(30)34-26(31)33;1-3(2)4/h2-8,12-16,24,30,32H,9-11H2,1H3,(H2,31,33);3H,1-2H3. The van der Waals surface area contributed by atoms with Crippen molar-refractivity contribution in [1.82, 2.24) is 5.32 Å². The van der Waals surface area contributed by atoms with Gasteiger partial charge in [0.2, 0.25) is 5.90 Å². The van der Waals surface area contributed by atoms with Crippen molar-refractivity contribution in [2.24, 2.45) is 11.7 Å². The molecule has 0 aliphatic carbocycles. The van der Waals surface area contributed by atoms with Gasteiger partial charge in [-0.3, -0.25) is 5.41 Å². The number of nitrogens with one attached hydrogen (secondary N) is 2. The van der Waals surface area contributed by atoms with E-state index in [4.69, 9.17) is 27.5 Å². The molecule has 9 heteroatoms. The molecule has 0 aromatic heterocycles. The van der Waals surface area contributed by atoms with E-state index in [9.17, 15) is 18.0 Å². The lowest BCUT2D eigenvalue weighted by atomic mass is 9.95. The maximum Gasteiger partial charge on any atom is 0.411 e. The van der Waals surface area contributed by atoms with Crippen LogP contribution in [-0.2, 0) is 11.2 Å². The SMILES string of the molecule is CC(C)F.CC(CCNC(c1ccc(Cl)cc1)c1cccc(C(=N)OC(N)=O)c1)Cc1cc(F)cc(F)c1. The fraction of sp³-hybridized carbons (Fsp3) is 0.310. The highest BCUT2D eigenvalue weighted by Gasteiger charge is 2.17. The number of alkyl halides is 1. The van der Waals surface area contributed by atoms with E-state index in [1.165, 1.54) is 26.0 Å². The van der Waals surface area contributed by atoms with Crippen molar-refractivity contribution in [1.29, 1.82) is 5.41 Å². The number of rotatable bonds is 9. The van der Waals surface area contributed by atoms with Gasteiger partial charge in [0, 0.05) is 16.7 Å². The van der Waals surface area contributed by atoms with Crippen molar-refractivity contribution in [2.75, 3.05) is 6.54 Å². The van der Waals surface area contributed by atoms with Crippen LogP contribution in [0.2, 0.25) is 5.02 Å². The second kappa shape index (κ2) is 15.1. The second-order valence-corrected chi connectivity index (χ2v) is 9.64. The van der Waals surface area contributed by atoms with Crippen molar-refractivity contribution in [3.05, 3.63) is 106 Å². The first kappa shape index (κ1) is 30.9. The van der Waals surface area contributed by atoms with E-state index < -0.39 is 23.9 Å². The Balaban J connectivity index is 0.00000118. The molecule has 3 rings (SSSR count). The minimum absolute atomic E-state index is 0.183. The molecule has 0 spiro atoms. The summed E-state index contributed by atoms with van der Waals surface area (Å²) in [7, 11) is 0. The van der Waals surface area contributed by atoms with Crippen LogP contribution in [0.1, 0.15) is 55.5 Å². The normalized spacial score (nSPS) is 12.3. The molecule has 0 aliphatic rings. The molecule has 0 fully saturated rings. The number of ether oxygens (including phenoxy) is 1. The number of carbonyl (C=O) groups excluding carboxylic acids is 1. The number of nitrogens with two attached hydrogens (primary N) is 1. The molecular weight excluding hydrogens is 515 g/mol. The lowest BCUT2D eigenvalue weighted by Gasteiger charge is -2.22. The fourth-order valence-electron chi connectivity index (χ4n) is 3.81. The molecule has 0 radical (unpaired) electrons. The fourth-order valence-corrected chi connectivity index (χ4v) is 3.94. The Morgan fingerprint density at radius 1 is 1.00 bits per heavy atom. The van der Waals surface area contributed by atoms with E-state index in [1.54, 1.807) is 30.3 Å². The number of amides is 1. The van der Waals surface area contributed by atoms with Crippen LogP contribution in [0.5, 0.6) is 0 Å². The number of hydrogen-bond acceptors (Lipinski definition) is 4. The van der Waals surface area contributed by atoms with Crippen LogP contribution in [-0.4, -0.2) is 24.7 Å². The van der Waals surface area contributed by atoms with Gasteiger partial charge in [-0.15, -0.1) is 0 Å². The Hall–Kier alpha value is -3.36. The van der Waals surface area contributed by atoms with Crippen molar-refractivity contribution in [2.45, 2.75) is 45.8 Å². The molecule has 3 aromatic rings. The van der Waals surface area contributed by atoms with Crippen LogP contribution in [0.15, 0.2) is 66.7 Å². The highest BCUT2D eigenvalue weighted by Crippen LogP contribution is 2.25. The molecule has 1 amide bonds. The summed E-state index contributed by atoms with van der Waals surface area (Å²) in [5.74, 6) is -1.30. The minimum Gasteiger partial charge on any atom is -0.391 e. The van der Waals surface area contributed by atoms with Crippen molar-refractivity contribution >= 4 is 23.6 Å². The Labute approximate surface area is 226 Å². The first-order valence-corrected chi connectivity index (χ1v) is 12.6. The van der Waals surface area contributed by atoms with E-state index in [0.29, 0.717) is 29.1 Å². The Morgan fingerprint density at radius 2 is 1.61 bits per heavy atom. The van der Waals surface area contributed by atoms with Crippen molar-refractivity contribution in [3.8, 4) is 0 Å². The summed E-state index contributed by atoms with van der Waals surface area (Å²) in [5, 5.41) is 12.1. The van der Waals surface area contributed by atoms with E-state index in [0.717, 1.165) is 23.6 Å². The van der Waals surface area contributed by atoms with Crippen LogP contribution in [0, 0.1) is 23.0 Å². The van der Waals surface area contributed by atoms with E-state index >= 15 is 0 Å². The number of carbonyl (C=O) groups is 1. The summed E-state index contributed by atoms with van der Waals surface area (Å²) in [6.45, 7) is 5.66. The van der Waals surface area contributed by atoms with E-state index in [-0.39, 0.29) is 17.9 Å². The lowest BCUT2D eigenvalue weighted by Crippen LogP contribution is -2.25. The van der Waals surface area contributed by atoms with E-state index in [1.807, 2.05) is 25.1 Å². The van der Waals surface area contributed by atoms with Gasteiger partial charge in [0.1, 0.15) is 11.6 Å². The monoisotopic (exact) mass is 547 g/mol. The molecule has 0 saturated carbocycles. The van der Waals surface area contributed by atoms with Crippen LogP contribution in [0.3, 0.4) is 0 Å². The molecule has 2 unspecified atom stereocenters. The van der Waals surface area contributed by atoms with Gasteiger partial charge in [-0.1, -0.05) is 42.8 Å². The highest BCUT2D eigenvalue weighted by atomic mass is 35.5. The molecule has 3 aromatic carbocycles. The Bertz CT molecular complexity index is 1180. The average molecular weight is 548 g/mol. The Kier molecular flexibility index (Phi) is 12.3. The van der Waals surface area contributed by atoms with Gasteiger partial charge in [0.25, 0.3) is 0 Å². The number of primary amides is 1. The molecule has 0 heterocycles. The van der Waals surface area contributed by atoms with Crippen molar-refractivity contribution < 1.29 is 22.7 Å². The summed E-state index contributed by atoms with van der Waals surface area (Å²) in [4.78, 5) is 11.0. The van der Waals surface area contributed by atoms with Crippen molar-refractivity contribution in [3.63, 3.8) is 0 Å². The summed E-state index contributed by atoms with van der Waals surface area (Å²) in [6.07, 6.45) is -0.392. The van der Waals surface area contributed by atoms with Gasteiger partial charge in [-0.2, -0.15) is 0 Å². The molecule has 0 bridgehead atoms. The molecule has 38 heavy (non-hydrogen) atoms. The first-order chi connectivity index (χ1) is 17.9. The predicted octanol–water partition coefficient (Wildman–Crippen LogP) is 7.35. The lowest BCUT2D eigenvalue weighted by molar-refractivity contribution is 0.208. The minimum atomic E-state index is -1.05. The largest absolute Gasteiger partial charge is 0.411 e. The smallest absolute Gasteiger partial charge is 0.391 e. The molecule has 5 nitrogen and oxygen atoms in total. The zero-order valence-corrected chi connectivity index (χ0v) is 22.4. The molecule has 2 atom stereocenters. The zero-order chi connectivity index (χ0) is 28.2. The second-order valence-electron chi connectivity index (χ2n) is 9.20.